The van der Waals surface area contributed by atoms with Crippen molar-refractivity contribution in [2.45, 2.75) is 32.4 Å². The van der Waals surface area contributed by atoms with Gasteiger partial charge in [0.2, 0.25) is 0 Å². The van der Waals surface area contributed by atoms with Crippen molar-refractivity contribution in [3.63, 3.8) is 0 Å². The molecule has 1 aliphatic rings. The van der Waals surface area contributed by atoms with Crippen molar-refractivity contribution < 1.29 is 9.53 Å². The third-order valence-electron chi connectivity index (χ3n) is 4.40. The number of halogens is 1. The molecule has 1 fully saturated rings. The minimum atomic E-state index is -0.320. The van der Waals surface area contributed by atoms with E-state index >= 15 is 0 Å². The first-order valence-electron chi connectivity index (χ1n) is 8.44. The molecule has 0 saturated carbocycles. The summed E-state index contributed by atoms with van der Waals surface area (Å²) in [4.78, 5) is 14.6. The van der Waals surface area contributed by atoms with E-state index in [1.165, 1.54) is 24.8 Å². The number of rotatable bonds is 5. The van der Waals surface area contributed by atoms with Crippen molar-refractivity contribution in [2.24, 2.45) is 0 Å². The van der Waals surface area contributed by atoms with Gasteiger partial charge in [-0.15, -0.1) is 0 Å². The number of carbonyl (C=O) groups excluding carboxylic acids is 1. The van der Waals surface area contributed by atoms with Crippen LogP contribution in [0.25, 0.3) is 0 Å². The van der Waals surface area contributed by atoms with Gasteiger partial charge >= 0.3 is 5.97 Å². The fraction of sp³-hybridized carbons (Fsp3) is 0.350. The van der Waals surface area contributed by atoms with Crippen LogP contribution in [-0.4, -0.2) is 24.0 Å². The van der Waals surface area contributed by atoms with Crippen LogP contribution in [0.15, 0.2) is 48.5 Å². The summed E-state index contributed by atoms with van der Waals surface area (Å²) in [6.45, 7) is 3.53. The predicted octanol–water partition coefficient (Wildman–Crippen LogP) is 4.68. The molecule has 1 heterocycles. The largest absolute Gasteiger partial charge is 0.457 e. The summed E-state index contributed by atoms with van der Waals surface area (Å²) in [7, 11) is 0. The van der Waals surface area contributed by atoms with Gasteiger partial charge in [-0.2, -0.15) is 0 Å². The van der Waals surface area contributed by atoms with Crippen LogP contribution in [0.1, 0.15) is 40.7 Å². The van der Waals surface area contributed by atoms with Gasteiger partial charge in [0.1, 0.15) is 6.61 Å². The van der Waals surface area contributed by atoms with E-state index in [1.54, 1.807) is 24.3 Å². The molecular formula is C20H22ClNO2. The van der Waals surface area contributed by atoms with E-state index < -0.39 is 0 Å². The van der Waals surface area contributed by atoms with Crippen LogP contribution < -0.4 is 0 Å². The first-order valence-corrected chi connectivity index (χ1v) is 8.82. The Kier molecular flexibility index (Phi) is 5.89. The van der Waals surface area contributed by atoms with E-state index in [2.05, 4.69) is 11.0 Å². The predicted molar refractivity (Wildman–Crippen MR) is 96.1 cm³/mol. The number of hydrogen-bond acceptors (Lipinski definition) is 3. The van der Waals surface area contributed by atoms with Crippen LogP contribution in [0.3, 0.4) is 0 Å². The topological polar surface area (TPSA) is 29.5 Å². The molecule has 0 radical (unpaired) electrons. The maximum atomic E-state index is 12.2. The van der Waals surface area contributed by atoms with Crippen molar-refractivity contribution >= 4 is 17.6 Å². The van der Waals surface area contributed by atoms with Crippen molar-refractivity contribution in [2.75, 3.05) is 13.1 Å². The smallest absolute Gasteiger partial charge is 0.338 e. The third kappa shape index (κ3) is 4.59. The lowest BCUT2D eigenvalue weighted by molar-refractivity contribution is 0.0471. The fourth-order valence-electron chi connectivity index (χ4n) is 3.02. The Morgan fingerprint density at radius 3 is 2.33 bits per heavy atom. The summed E-state index contributed by atoms with van der Waals surface area (Å²) in [6.07, 6.45) is 3.87. The van der Waals surface area contributed by atoms with Gasteiger partial charge in [-0.25, -0.2) is 4.79 Å². The van der Waals surface area contributed by atoms with Crippen molar-refractivity contribution in [1.82, 2.24) is 4.90 Å². The van der Waals surface area contributed by atoms with Crippen LogP contribution in [0.4, 0.5) is 0 Å². The lowest BCUT2D eigenvalue weighted by Gasteiger charge is -2.27. The summed E-state index contributed by atoms with van der Waals surface area (Å²) in [5.41, 5.74) is 2.83. The van der Waals surface area contributed by atoms with E-state index in [4.69, 9.17) is 16.3 Å². The first kappa shape index (κ1) is 17.0. The number of piperidine rings is 1. The SMILES string of the molecule is O=C(OCc1ccccc1CN1CCCCC1)c1ccc(Cl)cc1. The summed E-state index contributed by atoms with van der Waals surface area (Å²) >= 11 is 5.85. The lowest BCUT2D eigenvalue weighted by atomic mass is 10.1. The highest BCUT2D eigenvalue weighted by Gasteiger charge is 2.13. The molecule has 0 spiro atoms. The zero-order valence-electron chi connectivity index (χ0n) is 13.7. The average molecular weight is 344 g/mol. The van der Waals surface area contributed by atoms with Gasteiger partial charge in [-0.1, -0.05) is 42.3 Å². The molecule has 0 bridgehead atoms. The number of hydrogen-bond donors (Lipinski definition) is 0. The second-order valence-corrected chi connectivity index (χ2v) is 6.62. The zero-order chi connectivity index (χ0) is 16.8. The van der Waals surface area contributed by atoms with Gasteiger partial charge in [0, 0.05) is 11.6 Å². The monoisotopic (exact) mass is 343 g/mol. The number of carbonyl (C=O) groups is 1. The summed E-state index contributed by atoms with van der Waals surface area (Å²) in [5.74, 6) is -0.320. The van der Waals surface area contributed by atoms with Gasteiger partial charge in [-0.05, 0) is 61.3 Å². The molecule has 0 N–H and O–H groups in total. The van der Waals surface area contributed by atoms with Crippen molar-refractivity contribution in [3.8, 4) is 0 Å². The second kappa shape index (κ2) is 8.32. The molecule has 2 aromatic rings. The molecule has 0 unspecified atom stereocenters. The fourth-order valence-corrected chi connectivity index (χ4v) is 3.15. The molecular weight excluding hydrogens is 322 g/mol. The Hall–Kier alpha value is -1.84. The maximum Gasteiger partial charge on any atom is 0.338 e. The van der Waals surface area contributed by atoms with Crippen molar-refractivity contribution in [3.05, 3.63) is 70.2 Å². The second-order valence-electron chi connectivity index (χ2n) is 6.19. The molecule has 1 saturated heterocycles. The van der Waals surface area contributed by atoms with E-state index in [0.29, 0.717) is 17.2 Å². The highest BCUT2D eigenvalue weighted by atomic mass is 35.5. The quantitative estimate of drug-likeness (QED) is 0.738. The minimum absolute atomic E-state index is 0.297. The Labute approximate surface area is 148 Å². The highest BCUT2D eigenvalue weighted by molar-refractivity contribution is 6.30. The van der Waals surface area contributed by atoms with Crippen LogP contribution >= 0.6 is 11.6 Å². The standard InChI is InChI=1S/C20H22ClNO2/c21-19-10-8-16(9-11-19)20(23)24-15-18-7-3-2-6-17(18)14-22-12-4-1-5-13-22/h2-3,6-11H,1,4-5,12-15H2. The molecule has 0 aliphatic carbocycles. The summed E-state index contributed by atoms with van der Waals surface area (Å²) in [5, 5.41) is 0.610. The van der Waals surface area contributed by atoms with E-state index in [-0.39, 0.29) is 5.97 Å². The molecule has 1 aliphatic heterocycles. The Morgan fingerprint density at radius 1 is 0.958 bits per heavy atom. The Balaban J connectivity index is 1.62. The van der Waals surface area contributed by atoms with Gasteiger partial charge in [0.25, 0.3) is 0 Å². The summed E-state index contributed by atoms with van der Waals surface area (Å²) in [6, 6.07) is 15.0. The molecule has 2 aromatic carbocycles. The van der Waals surface area contributed by atoms with Gasteiger partial charge in [0.05, 0.1) is 5.56 Å². The number of benzene rings is 2. The Bertz CT molecular complexity index is 678. The van der Waals surface area contributed by atoms with Crippen LogP contribution in [0.2, 0.25) is 5.02 Å². The molecule has 24 heavy (non-hydrogen) atoms. The van der Waals surface area contributed by atoms with Gasteiger partial charge in [-0.3, -0.25) is 4.90 Å². The number of ether oxygens (including phenoxy) is 1. The average Bonchev–Trinajstić information content (AvgIpc) is 2.62. The number of nitrogens with zero attached hydrogens (tertiary/aromatic N) is 1. The van der Waals surface area contributed by atoms with E-state index in [1.807, 2.05) is 18.2 Å². The third-order valence-corrected chi connectivity index (χ3v) is 4.65. The van der Waals surface area contributed by atoms with Crippen LogP contribution in [-0.2, 0) is 17.9 Å². The van der Waals surface area contributed by atoms with Crippen molar-refractivity contribution in [1.29, 1.82) is 0 Å². The van der Waals surface area contributed by atoms with Gasteiger partial charge < -0.3 is 4.74 Å². The molecule has 0 atom stereocenters. The van der Waals surface area contributed by atoms with E-state index in [9.17, 15) is 4.79 Å². The lowest BCUT2D eigenvalue weighted by Crippen LogP contribution is -2.29. The van der Waals surface area contributed by atoms with Gasteiger partial charge in [0.15, 0.2) is 0 Å². The molecule has 0 amide bonds. The highest BCUT2D eigenvalue weighted by Crippen LogP contribution is 2.18. The molecule has 126 valence electrons. The zero-order valence-corrected chi connectivity index (χ0v) is 14.5. The Morgan fingerprint density at radius 2 is 1.62 bits per heavy atom. The van der Waals surface area contributed by atoms with Crippen LogP contribution in [0.5, 0.6) is 0 Å². The molecule has 3 nitrogen and oxygen atoms in total. The number of esters is 1. The first-order chi connectivity index (χ1) is 11.7. The summed E-state index contributed by atoms with van der Waals surface area (Å²) < 4.78 is 5.48. The molecule has 4 heteroatoms. The molecule has 3 rings (SSSR count). The number of likely N-dealkylation sites (tertiary alicyclic amines) is 1. The minimum Gasteiger partial charge on any atom is -0.457 e. The van der Waals surface area contributed by atoms with E-state index in [0.717, 1.165) is 25.2 Å². The molecule has 0 aromatic heterocycles. The van der Waals surface area contributed by atoms with Crippen LogP contribution in [0, 0.1) is 0 Å². The normalized spacial score (nSPS) is 15.2. The maximum absolute atomic E-state index is 12.2.